The zero-order valence-electron chi connectivity index (χ0n) is 14.1. The van der Waals surface area contributed by atoms with E-state index >= 15 is 0 Å². The maximum Gasteiger partial charge on any atom is 0.338 e. The summed E-state index contributed by atoms with van der Waals surface area (Å²) in [6, 6.07) is 18.5. The molecule has 1 fully saturated rings. The number of carbonyl (C=O) groups excluding carboxylic acids is 1. The van der Waals surface area contributed by atoms with E-state index in [4.69, 9.17) is 14.2 Å². The van der Waals surface area contributed by atoms with Crippen LogP contribution >= 0.6 is 0 Å². The molecule has 2 aromatic carbocycles. The van der Waals surface area contributed by atoms with Crippen LogP contribution in [0.15, 0.2) is 60.7 Å². The average molecular weight is 342 g/mol. The molecule has 1 aliphatic rings. The quantitative estimate of drug-likeness (QED) is 0.847. The third-order valence-electron chi connectivity index (χ3n) is 4.19. The number of ether oxygens (including phenoxy) is 3. The third-order valence-corrected chi connectivity index (χ3v) is 4.19. The summed E-state index contributed by atoms with van der Waals surface area (Å²) in [7, 11) is 0. The van der Waals surface area contributed by atoms with Gasteiger partial charge in [0, 0.05) is 6.42 Å². The Morgan fingerprint density at radius 3 is 2.44 bits per heavy atom. The summed E-state index contributed by atoms with van der Waals surface area (Å²) >= 11 is 0. The van der Waals surface area contributed by atoms with Gasteiger partial charge in [0.05, 0.1) is 18.3 Å². The summed E-state index contributed by atoms with van der Waals surface area (Å²) < 4.78 is 17.0. The van der Waals surface area contributed by atoms with Gasteiger partial charge < -0.3 is 19.3 Å². The van der Waals surface area contributed by atoms with Gasteiger partial charge in [0.15, 0.2) is 12.4 Å². The highest BCUT2D eigenvalue weighted by molar-refractivity contribution is 5.89. The number of hydrogen-bond donors (Lipinski definition) is 1. The Kier molecular flexibility index (Phi) is 5.81. The summed E-state index contributed by atoms with van der Waals surface area (Å²) in [5.41, 5.74) is 1.49. The van der Waals surface area contributed by atoms with Crippen molar-refractivity contribution in [2.45, 2.75) is 44.6 Å². The number of aliphatic hydroxyl groups is 1. The van der Waals surface area contributed by atoms with E-state index < -0.39 is 30.6 Å². The van der Waals surface area contributed by atoms with Crippen molar-refractivity contribution in [3.63, 3.8) is 0 Å². The van der Waals surface area contributed by atoms with Gasteiger partial charge in [0.1, 0.15) is 6.10 Å². The molecule has 3 rings (SSSR count). The molecule has 1 heterocycles. The normalized spacial score (nSPS) is 26.2. The van der Waals surface area contributed by atoms with Crippen LogP contribution in [0.3, 0.4) is 0 Å². The van der Waals surface area contributed by atoms with Crippen molar-refractivity contribution in [1.82, 2.24) is 0 Å². The van der Waals surface area contributed by atoms with E-state index in [-0.39, 0.29) is 6.42 Å². The summed E-state index contributed by atoms with van der Waals surface area (Å²) in [4.78, 5) is 12.4. The second-order valence-electron chi connectivity index (χ2n) is 6.10. The molecule has 0 saturated carbocycles. The van der Waals surface area contributed by atoms with Crippen molar-refractivity contribution >= 4 is 5.97 Å². The Hall–Kier alpha value is -2.21. The minimum atomic E-state index is -0.928. The molecule has 1 saturated heterocycles. The van der Waals surface area contributed by atoms with Gasteiger partial charge in [-0.3, -0.25) is 0 Å². The SMILES string of the molecule is C[C@H]1O[C@@H](O)C[C@@H](OCc2ccccc2)[C@@H]1OC(=O)c1ccccc1. The van der Waals surface area contributed by atoms with Crippen molar-refractivity contribution in [1.29, 1.82) is 0 Å². The maximum atomic E-state index is 12.4. The number of aliphatic hydroxyl groups excluding tert-OH is 1. The Morgan fingerprint density at radius 2 is 1.76 bits per heavy atom. The predicted octanol–water partition coefficient (Wildman–Crippen LogP) is 2.92. The smallest absolute Gasteiger partial charge is 0.338 e. The van der Waals surface area contributed by atoms with E-state index in [0.717, 1.165) is 5.56 Å². The zero-order valence-corrected chi connectivity index (χ0v) is 14.1. The second kappa shape index (κ2) is 8.25. The van der Waals surface area contributed by atoms with Gasteiger partial charge in [-0.2, -0.15) is 0 Å². The van der Waals surface area contributed by atoms with Crippen LogP contribution in [0.2, 0.25) is 0 Å². The van der Waals surface area contributed by atoms with Crippen molar-refractivity contribution in [3.8, 4) is 0 Å². The predicted molar refractivity (Wildman–Crippen MR) is 91.8 cm³/mol. The van der Waals surface area contributed by atoms with Crippen molar-refractivity contribution in [2.24, 2.45) is 0 Å². The molecule has 4 atom stereocenters. The van der Waals surface area contributed by atoms with Crippen molar-refractivity contribution in [3.05, 3.63) is 71.8 Å². The summed E-state index contributed by atoms with van der Waals surface area (Å²) in [5.74, 6) is -0.425. The first-order valence-corrected chi connectivity index (χ1v) is 8.38. The lowest BCUT2D eigenvalue weighted by atomic mass is 10.0. The lowest BCUT2D eigenvalue weighted by Crippen LogP contribution is -2.50. The van der Waals surface area contributed by atoms with Crippen molar-refractivity contribution in [2.75, 3.05) is 0 Å². The standard InChI is InChI=1S/C20H22O5/c1-14-19(25-20(22)16-10-6-3-7-11-16)17(12-18(21)24-14)23-13-15-8-4-2-5-9-15/h2-11,14,17-19,21H,12-13H2,1H3/t14-,17-,18-,19-/m1/s1. The lowest BCUT2D eigenvalue weighted by Gasteiger charge is -2.38. The first-order valence-electron chi connectivity index (χ1n) is 8.38. The van der Waals surface area contributed by atoms with E-state index in [2.05, 4.69) is 0 Å². The summed E-state index contributed by atoms with van der Waals surface area (Å²) in [5, 5.41) is 9.87. The van der Waals surface area contributed by atoms with Gasteiger partial charge >= 0.3 is 5.97 Å². The first kappa shape index (κ1) is 17.6. The molecule has 0 bridgehead atoms. The van der Waals surface area contributed by atoms with E-state index in [1.807, 2.05) is 36.4 Å². The largest absolute Gasteiger partial charge is 0.453 e. The molecule has 1 N–H and O–H groups in total. The van der Waals surface area contributed by atoms with Crippen LogP contribution in [0.1, 0.15) is 29.3 Å². The average Bonchev–Trinajstić information content (AvgIpc) is 2.64. The fourth-order valence-electron chi connectivity index (χ4n) is 2.89. The molecule has 5 heteroatoms. The van der Waals surface area contributed by atoms with E-state index in [0.29, 0.717) is 12.2 Å². The fourth-order valence-corrected chi connectivity index (χ4v) is 2.89. The molecule has 2 aromatic rings. The lowest BCUT2D eigenvalue weighted by molar-refractivity contribution is -0.237. The van der Waals surface area contributed by atoms with Crippen molar-refractivity contribution < 1.29 is 24.1 Å². The number of carbonyl (C=O) groups is 1. The van der Waals surface area contributed by atoms with Crippen LogP contribution in [0.25, 0.3) is 0 Å². The molecular weight excluding hydrogens is 320 g/mol. The monoisotopic (exact) mass is 342 g/mol. The van der Waals surface area contributed by atoms with E-state index in [9.17, 15) is 9.90 Å². The van der Waals surface area contributed by atoms with Crippen LogP contribution in [-0.4, -0.2) is 35.7 Å². The number of benzene rings is 2. The maximum absolute atomic E-state index is 12.4. The molecule has 0 amide bonds. The number of esters is 1. The Morgan fingerprint density at radius 1 is 1.12 bits per heavy atom. The third kappa shape index (κ3) is 4.66. The van der Waals surface area contributed by atoms with Crippen LogP contribution in [0, 0.1) is 0 Å². The second-order valence-corrected chi connectivity index (χ2v) is 6.10. The summed E-state index contributed by atoms with van der Waals surface area (Å²) in [6.45, 7) is 2.15. The zero-order chi connectivity index (χ0) is 17.6. The molecule has 25 heavy (non-hydrogen) atoms. The minimum Gasteiger partial charge on any atom is -0.453 e. The Bertz CT molecular complexity index is 673. The first-order chi connectivity index (χ1) is 12.1. The molecule has 1 aliphatic heterocycles. The van der Waals surface area contributed by atoms with E-state index in [1.54, 1.807) is 31.2 Å². The molecule has 0 aliphatic carbocycles. The Balaban J connectivity index is 1.68. The molecule has 0 radical (unpaired) electrons. The van der Waals surface area contributed by atoms with Gasteiger partial charge in [0.25, 0.3) is 0 Å². The van der Waals surface area contributed by atoms with Crippen LogP contribution < -0.4 is 0 Å². The topological polar surface area (TPSA) is 65.0 Å². The van der Waals surface area contributed by atoms with Gasteiger partial charge in [-0.15, -0.1) is 0 Å². The Labute approximate surface area is 147 Å². The van der Waals surface area contributed by atoms with E-state index in [1.165, 1.54) is 0 Å². The highest BCUT2D eigenvalue weighted by Gasteiger charge is 2.39. The highest BCUT2D eigenvalue weighted by Crippen LogP contribution is 2.26. The summed E-state index contributed by atoms with van der Waals surface area (Å²) in [6.07, 6.45) is -2.16. The molecule has 0 unspecified atom stereocenters. The van der Waals surface area contributed by atoms with Gasteiger partial charge in [-0.1, -0.05) is 48.5 Å². The van der Waals surface area contributed by atoms with Gasteiger partial charge in [-0.05, 0) is 24.6 Å². The molecule has 0 spiro atoms. The molecule has 0 aromatic heterocycles. The van der Waals surface area contributed by atoms with Gasteiger partial charge in [0.2, 0.25) is 0 Å². The molecule has 5 nitrogen and oxygen atoms in total. The molecular formula is C20H22O5. The minimum absolute atomic E-state index is 0.254. The van der Waals surface area contributed by atoms with Crippen LogP contribution in [-0.2, 0) is 20.8 Å². The number of rotatable bonds is 5. The van der Waals surface area contributed by atoms with Gasteiger partial charge in [-0.25, -0.2) is 4.79 Å². The molecule has 132 valence electrons. The highest BCUT2D eigenvalue weighted by atomic mass is 16.6. The fraction of sp³-hybridized carbons (Fsp3) is 0.350. The van der Waals surface area contributed by atoms with Crippen LogP contribution in [0.5, 0.6) is 0 Å². The van der Waals surface area contributed by atoms with Crippen LogP contribution in [0.4, 0.5) is 0 Å². The number of hydrogen-bond acceptors (Lipinski definition) is 5.